The van der Waals surface area contributed by atoms with Gasteiger partial charge in [0.2, 0.25) is 11.8 Å². The molecule has 1 aromatic carbocycles. The van der Waals surface area contributed by atoms with Crippen molar-refractivity contribution in [2.45, 2.75) is 44.0 Å². The average molecular weight is 390 g/mol. The van der Waals surface area contributed by atoms with E-state index in [9.17, 15) is 14.4 Å². The molecule has 1 N–H and O–H groups in total. The van der Waals surface area contributed by atoms with Crippen LogP contribution in [0.2, 0.25) is 0 Å². The SMILES string of the molecule is CC(C)N(C)C(=O)C1CCN(C(=O)c2ccc3c(c2)NC(=O)CCS3)CC1. The third kappa shape index (κ3) is 4.46. The van der Waals surface area contributed by atoms with Crippen molar-refractivity contribution in [1.82, 2.24) is 9.80 Å². The standard InChI is InChI=1S/C20H27N3O3S/c1-13(2)22(3)19(25)14-6-9-23(10-7-14)20(26)15-4-5-17-16(12-15)21-18(24)8-11-27-17/h4-5,12-14H,6-11H2,1-3H3,(H,21,24). The molecule has 7 heteroatoms. The summed E-state index contributed by atoms with van der Waals surface area (Å²) in [5.74, 6) is 0.855. The van der Waals surface area contributed by atoms with Crippen LogP contribution in [0.1, 0.15) is 43.5 Å². The molecule has 2 aliphatic rings. The summed E-state index contributed by atoms with van der Waals surface area (Å²) in [6.45, 7) is 5.18. The molecule has 6 nitrogen and oxygen atoms in total. The Kier molecular flexibility index (Phi) is 6.09. The summed E-state index contributed by atoms with van der Waals surface area (Å²) in [5.41, 5.74) is 1.30. The van der Waals surface area contributed by atoms with Crippen LogP contribution in [-0.2, 0) is 9.59 Å². The molecule has 1 aromatic rings. The molecule has 0 atom stereocenters. The fraction of sp³-hybridized carbons (Fsp3) is 0.550. The monoisotopic (exact) mass is 389 g/mol. The minimum absolute atomic E-state index is 0.0100. The Labute approximate surface area is 164 Å². The Morgan fingerprint density at radius 2 is 1.96 bits per heavy atom. The number of anilines is 1. The van der Waals surface area contributed by atoms with E-state index < -0.39 is 0 Å². The molecule has 0 bridgehead atoms. The lowest BCUT2D eigenvalue weighted by Gasteiger charge is -2.34. The number of amides is 3. The first-order chi connectivity index (χ1) is 12.9. The quantitative estimate of drug-likeness (QED) is 0.863. The van der Waals surface area contributed by atoms with Gasteiger partial charge in [0.25, 0.3) is 5.91 Å². The molecule has 0 aromatic heterocycles. The second-order valence-electron chi connectivity index (χ2n) is 7.47. The number of likely N-dealkylation sites (tertiary alicyclic amines) is 1. The molecule has 0 aliphatic carbocycles. The van der Waals surface area contributed by atoms with E-state index in [-0.39, 0.29) is 29.7 Å². The fourth-order valence-corrected chi connectivity index (χ4v) is 4.34. The van der Waals surface area contributed by atoms with Crippen molar-refractivity contribution in [2.75, 3.05) is 31.2 Å². The maximum Gasteiger partial charge on any atom is 0.253 e. The summed E-state index contributed by atoms with van der Waals surface area (Å²) < 4.78 is 0. The van der Waals surface area contributed by atoms with Gasteiger partial charge in [0, 0.05) is 54.7 Å². The van der Waals surface area contributed by atoms with Gasteiger partial charge in [0.05, 0.1) is 5.69 Å². The summed E-state index contributed by atoms with van der Waals surface area (Å²) in [5, 5.41) is 2.88. The molecule has 2 aliphatic heterocycles. The molecule has 0 unspecified atom stereocenters. The molecule has 27 heavy (non-hydrogen) atoms. The summed E-state index contributed by atoms with van der Waals surface area (Å²) in [6, 6.07) is 5.70. The number of rotatable bonds is 3. The molecule has 0 saturated carbocycles. The van der Waals surface area contributed by atoms with E-state index in [4.69, 9.17) is 0 Å². The van der Waals surface area contributed by atoms with E-state index in [1.54, 1.807) is 22.7 Å². The zero-order chi connectivity index (χ0) is 19.6. The third-order valence-electron chi connectivity index (χ3n) is 5.34. The van der Waals surface area contributed by atoms with Gasteiger partial charge < -0.3 is 15.1 Å². The van der Waals surface area contributed by atoms with Crippen molar-refractivity contribution in [3.05, 3.63) is 23.8 Å². The molecule has 0 radical (unpaired) electrons. The first-order valence-corrected chi connectivity index (χ1v) is 10.5. The number of fused-ring (bicyclic) bond motifs is 1. The number of hydrogen-bond acceptors (Lipinski definition) is 4. The van der Waals surface area contributed by atoms with Gasteiger partial charge in [0.15, 0.2) is 0 Å². The molecule has 0 spiro atoms. The normalized spacial score (nSPS) is 17.9. The van der Waals surface area contributed by atoms with E-state index in [0.29, 0.717) is 37.9 Å². The first kappa shape index (κ1) is 19.7. The van der Waals surface area contributed by atoms with E-state index >= 15 is 0 Å². The summed E-state index contributed by atoms with van der Waals surface area (Å²) in [6.07, 6.45) is 1.87. The molecule has 1 saturated heterocycles. The van der Waals surface area contributed by atoms with Crippen molar-refractivity contribution >= 4 is 35.2 Å². The number of benzene rings is 1. The average Bonchev–Trinajstić information content (AvgIpc) is 2.86. The van der Waals surface area contributed by atoms with Crippen LogP contribution in [0.4, 0.5) is 5.69 Å². The van der Waals surface area contributed by atoms with Gasteiger partial charge in [-0.25, -0.2) is 0 Å². The summed E-state index contributed by atoms with van der Waals surface area (Å²) in [4.78, 5) is 41.7. The Balaban J connectivity index is 1.64. The maximum atomic E-state index is 12.9. The Morgan fingerprint density at radius 3 is 2.63 bits per heavy atom. The summed E-state index contributed by atoms with van der Waals surface area (Å²) in [7, 11) is 1.84. The van der Waals surface area contributed by atoms with Crippen LogP contribution in [0.25, 0.3) is 0 Å². The van der Waals surface area contributed by atoms with Crippen molar-refractivity contribution < 1.29 is 14.4 Å². The van der Waals surface area contributed by atoms with E-state index in [2.05, 4.69) is 5.32 Å². The smallest absolute Gasteiger partial charge is 0.253 e. The number of carbonyl (C=O) groups is 3. The van der Waals surface area contributed by atoms with Gasteiger partial charge >= 0.3 is 0 Å². The van der Waals surface area contributed by atoms with Crippen molar-refractivity contribution in [1.29, 1.82) is 0 Å². The lowest BCUT2D eigenvalue weighted by atomic mass is 9.94. The lowest BCUT2D eigenvalue weighted by molar-refractivity contribution is -0.137. The Morgan fingerprint density at radius 1 is 1.26 bits per heavy atom. The highest BCUT2D eigenvalue weighted by Crippen LogP contribution is 2.32. The number of hydrogen-bond donors (Lipinski definition) is 1. The van der Waals surface area contributed by atoms with Gasteiger partial charge in [-0.1, -0.05) is 0 Å². The number of piperidine rings is 1. The molecule has 3 rings (SSSR count). The molecular weight excluding hydrogens is 362 g/mol. The Bertz CT molecular complexity index is 742. The van der Waals surface area contributed by atoms with Crippen LogP contribution in [0.3, 0.4) is 0 Å². The van der Waals surface area contributed by atoms with Gasteiger partial charge in [-0.2, -0.15) is 0 Å². The molecule has 1 fully saturated rings. The largest absolute Gasteiger partial charge is 0.343 e. The topological polar surface area (TPSA) is 69.7 Å². The van der Waals surface area contributed by atoms with Crippen molar-refractivity contribution in [3.8, 4) is 0 Å². The fourth-order valence-electron chi connectivity index (χ4n) is 3.41. The Hall–Kier alpha value is -2.02. The minimum Gasteiger partial charge on any atom is -0.343 e. The predicted octanol–water partition coefficient (Wildman–Crippen LogP) is 2.84. The number of nitrogens with one attached hydrogen (secondary N) is 1. The zero-order valence-corrected chi connectivity index (χ0v) is 17.0. The van der Waals surface area contributed by atoms with Crippen LogP contribution in [0.15, 0.2) is 23.1 Å². The van der Waals surface area contributed by atoms with Crippen molar-refractivity contribution in [3.63, 3.8) is 0 Å². The van der Waals surface area contributed by atoms with E-state index in [0.717, 1.165) is 16.3 Å². The zero-order valence-electron chi connectivity index (χ0n) is 16.2. The molecule has 146 valence electrons. The maximum absolute atomic E-state index is 12.9. The molecular formula is C20H27N3O3S. The van der Waals surface area contributed by atoms with Crippen LogP contribution < -0.4 is 5.32 Å². The van der Waals surface area contributed by atoms with Gasteiger partial charge in [-0.3, -0.25) is 14.4 Å². The van der Waals surface area contributed by atoms with Crippen LogP contribution in [0, 0.1) is 5.92 Å². The van der Waals surface area contributed by atoms with Gasteiger partial charge in [-0.05, 0) is 44.9 Å². The van der Waals surface area contributed by atoms with Gasteiger partial charge in [-0.15, -0.1) is 11.8 Å². The van der Waals surface area contributed by atoms with Crippen molar-refractivity contribution in [2.24, 2.45) is 5.92 Å². The van der Waals surface area contributed by atoms with Crippen LogP contribution in [0.5, 0.6) is 0 Å². The van der Waals surface area contributed by atoms with Gasteiger partial charge in [0.1, 0.15) is 0 Å². The highest BCUT2D eigenvalue weighted by atomic mass is 32.2. The summed E-state index contributed by atoms with van der Waals surface area (Å²) >= 11 is 1.63. The predicted molar refractivity (Wildman–Crippen MR) is 107 cm³/mol. The second kappa shape index (κ2) is 8.33. The second-order valence-corrected chi connectivity index (χ2v) is 8.60. The first-order valence-electron chi connectivity index (χ1n) is 9.49. The van der Waals surface area contributed by atoms with Crippen LogP contribution in [-0.4, -0.2) is 59.5 Å². The number of carbonyl (C=O) groups excluding carboxylic acids is 3. The molecule has 2 heterocycles. The minimum atomic E-state index is -0.0376. The van der Waals surface area contributed by atoms with E-state index in [1.807, 2.05) is 37.9 Å². The highest BCUT2D eigenvalue weighted by molar-refractivity contribution is 7.99. The number of thioether (sulfide) groups is 1. The number of nitrogens with zero attached hydrogens (tertiary/aromatic N) is 2. The van der Waals surface area contributed by atoms with Crippen LogP contribution >= 0.6 is 11.8 Å². The lowest BCUT2D eigenvalue weighted by Crippen LogP contribution is -2.45. The highest BCUT2D eigenvalue weighted by Gasteiger charge is 2.30. The van der Waals surface area contributed by atoms with E-state index in [1.165, 1.54) is 0 Å². The molecule has 3 amide bonds. The third-order valence-corrected chi connectivity index (χ3v) is 6.42.